The van der Waals surface area contributed by atoms with Crippen LogP contribution < -0.4 is 10.1 Å². The molecule has 0 saturated heterocycles. The Kier molecular flexibility index (Phi) is 4.98. The Morgan fingerprint density at radius 1 is 0.964 bits per heavy atom. The van der Waals surface area contributed by atoms with E-state index in [2.05, 4.69) is 25.3 Å². The van der Waals surface area contributed by atoms with Gasteiger partial charge in [0, 0.05) is 24.8 Å². The number of ether oxygens (including phenoxy) is 1. The number of rotatable bonds is 4. The molecule has 0 bridgehead atoms. The first-order valence-corrected chi connectivity index (χ1v) is 9.15. The molecule has 6 nitrogen and oxygen atoms in total. The third-order valence-electron chi connectivity index (χ3n) is 4.27. The van der Waals surface area contributed by atoms with Crippen LogP contribution in [0.5, 0.6) is 5.75 Å². The highest BCUT2D eigenvalue weighted by Crippen LogP contribution is 2.37. The van der Waals surface area contributed by atoms with Crippen molar-refractivity contribution in [2.75, 3.05) is 19.5 Å². The van der Waals surface area contributed by atoms with Crippen molar-refractivity contribution in [1.82, 2.24) is 19.9 Å². The summed E-state index contributed by atoms with van der Waals surface area (Å²) in [7, 11) is 3.41. The van der Waals surface area contributed by atoms with E-state index in [1.54, 1.807) is 38.8 Å². The highest BCUT2D eigenvalue weighted by atomic mass is 35.5. The first-order valence-electron chi connectivity index (χ1n) is 8.40. The number of methoxy groups -OCH3 is 1. The van der Waals surface area contributed by atoms with Gasteiger partial charge in [-0.3, -0.25) is 4.98 Å². The zero-order chi connectivity index (χ0) is 19.7. The van der Waals surface area contributed by atoms with E-state index >= 15 is 0 Å². The van der Waals surface area contributed by atoms with E-state index in [-0.39, 0.29) is 0 Å². The third-order valence-corrected chi connectivity index (χ3v) is 5.01. The van der Waals surface area contributed by atoms with E-state index in [0.29, 0.717) is 38.6 Å². The molecule has 4 rings (SSSR count). The van der Waals surface area contributed by atoms with Crippen molar-refractivity contribution in [3.05, 3.63) is 59.0 Å². The molecule has 0 atom stereocenters. The Hall–Kier alpha value is -2.96. The average Bonchev–Trinajstić information content (AvgIpc) is 2.74. The lowest BCUT2D eigenvalue weighted by Gasteiger charge is -2.13. The van der Waals surface area contributed by atoms with Gasteiger partial charge in [-0.1, -0.05) is 29.3 Å². The molecule has 0 aliphatic rings. The van der Waals surface area contributed by atoms with Crippen LogP contribution in [-0.2, 0) is 0 Å². The van der Waals surface area contributed by atoms with E-state index in [1.807, 2.05) is 24.3 Å². The lowest BCUT2D eigenvalue weighted by molar-refractivity contribution is 0.419. The normalized spacial score (nSPS) is 10.9. The van der Waals surface area contributed by atoms with Crippen molar-refractivity contribution in [2.45, 2.75) is 0 Å². The predicted octanol–water partition coefficient (Wildman–Crippen LogP) is 5.11. The Labute approximate surface area is 171 Å². The minimum atomic E-state index is 0.463. The maximum Gasteiger partial charge on any atom is 0.182 e. The fraction of sp³-hybridized carbons (Fsp3) is 0.100. The van der Waals surface area contributed by atoms with Crippen LogP contribution in [0, 0.1) is 0 Å². The summed E-state index contributed by atoms with van der Waals surface area (Å²) < 4.78 is 5.62. The quantitative estimate of drug-likeness (QED) is 0.502. The molecule has 4 aromatic rings. The molecule has 8 heteroatoms. The molecule has 2 aromatic carbocycles. The van der Waals surface area contributed by atoms with Crippen molar-refractivity contribution in [3.63, 3.8) is 0 Å². The number of benzene rings is 2. The summed E-state index contributed by atoms with van der Waals surface area (Å²) in [5.41, 5.74) is 3.08. The van der Waals surface area contributed by atoms with Crippen LogP contribution in [-0.4, -0.2) is 34.1 Å². The van der Waals surface area contributed by atoms with E-state index in [9.17, 15) is 0 Å². The van der Waals surface area contributed by atoms with E-state index in [0.717, 1.165) is 16.5 Å². The molecule has 2 heterocycles. The summed E-state index contributed by atoms with van der Waals surface area (Å²) in [5.74, 6) is 1.74. The van der Waals surface area contributed by atoms with Crippen LogP contribution in [0.3, 0.4) is 0 Å². The van der Waals surface area contributed by atoms with E-state index in [1.165, 1.54) is 0 Å². The Morgan fingerprint density at radius 3 is 2.50 bits per heavy atom. The molecular weight excluding hydrogens is 397 g/mol. The predicted molar refractivity (Wildman–Crippen MR) is 112 cm³/mol. The standard InChI is InChI=1S/C20H15Cl2N5O/c1-23-19-13-7-12(11-3-4-14(21)15(22)8-11)9-17(28-2)18(13)26-20(27-19)16-10-24-5-6-25-16/h3-10H,1-2H3,(H,23,26,27). The number of hydrogen-bond donors (Lipinski definition) is 1. The van der Waals surface area contributed by atoms with Gasteiger partial charge in [0.1, 0.15) is 22.8 Å². The number of nitrogens with one attached hydrogen (secondary N) is 1. The van der Waals surface area contributed by atoms with Gasteiger partial charge in [-0.15, -0.1) is 0 Å². The summed E-state index contributed by atoms with van der Waals surface area (Å²) in [6, 6.07) is 9.39. The van der Waals surface area contributed by atoms with E-state index in [4.69, 9.17) is 27.9 Å². The van der Waals surface area contributed by atoms with Crippen molar-refractivity contribution < 1.29 is 4.74 Å². The van der Waals surface area contributed by atoms with Crippen LogP contribution in [0.4, 0.5) is 5.82 Å². The Morgan fingerprint density at radius 2 is 1.82 bits per heavy atom. The van der Waals surface area contributed by atoms with Gasteiger partial charge in [0.25, 0.3) is 0 Å². The summed E-state index contributed by atoms with van der Waals surface area (Å²) in [5, 5.41) is 4.94. The smallest absolute Gasteiger partial charge is 0.182 e. The molecule has 0 fully saturated rings. The summed E-state index contributed by atoms with van der Waals surface area (Å²) in [6.07, 6.45) is 4.83. The summed E-state index contributed by atoms with van der Waals surface area (Å²) >= 11 is 12.2. The molecule has 2 aromatic heterocycles. The first-order chi connectivity index (χ1) is 13.6. The maximum absolute atomic E-state index is 6.19. The Bertz CT molecular complexity index is 1170. The highest BCUT2D eigenvalue weighted by molar-refractivity contribution is 6.42. The van der Waals surface area contributed by atoms with Gasteiger partial charge in [-0.2, -0.15) is 0 Å². The third kappa shape index (κ3) is 3.32. The van der Waals surface area contributed by atoms with Crippen molar-refractivity contribution in [3.8, 4) is 28.4 Å². The molecule has 0 saturated carbocycles. The molecule has 0 radical (unpaired) electrons. The molecule has 0 unspecified atom stereocenters. The molecule has 1 N–H and O–H groups in total. The largest absolute Gasteiger partial charge is 0.494 e. The molecule has 0 aliphatic carbocycles. The van der Waals surface area contributed by atoms with Crippen LogP contribution >= 0.6 is 23.2 Å². The zero-order valence-electron chi connectivity index (χ0n) is 15.1. The number of anilines is 1. The highest BCUT2D eigenvalue weighted by Gasteiger charge is 2.16. The van der Waals surface area contributed by atoms with Crippen LogP contribution in [0.1, 0.15) is 0 Å². The minimum Gasteiger partial charge on any atom is -0.494 e. The van der Waals surface area contributed by atoms with Gasteiger partial charge in [-0.25, -0.2) is 15.0 Å². The molecule has 140 valence electrons. The minimum absolute atomic E-state index is 0.463. The molecule has 0 aliphatic heterocycles. The number of aromatic nitrogens is 4. The molecule has 28 heavy (non-hydrogen) atoms. The fourth-order valence-corrected chi connectivity index (χ4v) is 3.22. The maximum atomic E-state index is 6.19. The lowest BCUT2D eigenvalue weighted by Crippen LogP contribution is -2.01. The first kappa shape index (κ1) is 18.4. The van der Waals surface area contributed by atoms with Gasteiger partial charge in [0.15, 0.2) is 5.82 Å². The van der Waals surface area contributed by atoms with Crippen molar-refractivity contribution in [2.24, 2.45) is 0 Å². The molecule has 0 spiro atoms. The second kappa shape index (κ2) is 7.58. The zero-order valence-corrected chi connectivity index (χ0v) is 16.6. The number of hydrogen-bond acceptors (Lipinski definition) is 6. The van der Waals surface area contributed by atoms with Gasteiger partial charge < -0.3 is 10.1 Å². The van der Waals surface area contributed by atoms with Gasteiger partial charge in [0.2, 0.25) is 0 Å². The topological polar surface area (TPSA) is 72.8 Å². The van der Waals surface area contributed by atoms with Crippen LogP contribution in [0.25, 0.3) is 33.5 Å². The number of halogens is 2. The second-order valence-corrected chi connectivity index (χ2v) is 6.75. The number of nitrogens with zero attached hydrogens (tertiary/aromatic N) is 4. The lowest BCUT2D eigenvalue weighted by atomic mass is 10.0. The van der Waals surface area contributed by atoms with Gasteiger partial charge in [0.05, 0.1) is 23.4 Å². The van der Waals surface area contributed by atoms with Crippen LogP contribution in [0.15, 0.2) is 48.9 Å². The second-order valence-electron chi connectivity index (χ2n) is 5.94. The summed E-state index contributed by atoms with van der Waals surface area (Å²) in [6.45, 7) is 0. The summed E-state index contributed by atoms with van der Waals surface area (Å²) in [4.78, 5) is 17.6. The Balaban J connectivity index is 1.96. The average molecular weight is 412 g/mol. The van der Waals surface area contributed by atoms with Gasteiger partial charge in [-0.05, 0) is 35.4 Å². The fourth-order valence-electron chi connectivity index (χ4n) is 2.92. The number of fused-ring (bicyclic) bond motifs is 1. The molecule has 0 amide bonds. The SMILES string of the molecule is CNc1nc(-c2cnccn2)nc2c(OC)cc(-c3ccc(Cl)c(Cl)c3)cc12. The van der Waals surface area contributed by atoms with Crippen LogP contribution in [0.2, 0.25) is 10.0 Å². The monoisotopic (exact) mass is 411 g/mol. The van der Waals surface area contributed by atoms with Gasteiger partial charge >= 0.3 is 0 Å². The van der Waals surface area contributed by atoms with Crippen molar-refractivity contribution >= 4 is 39.9 Å². The molecular formula is C20H15Cl2N5O. The van der Waals surface area contributed by atoms with Crippen molar-refractivity contribution in [1.29, 1.82) is 0 Å². The van der Waals surface area contributed by atoms with E-state index < -0.39 is 0 Å².